The molecule has 2 amide bonds. The molecule has 1 fully saturated rings. The molecule has 9 heteroatoms. The molecule has 1 saturated carbocycles. The molecular formula is C19H20ClN3O5. The quantitative estimate of drug-likeness (QED) is 0.542. The molecule has 1 aliphatic carbocycles. The number of halogens is 1. The minimum Gasteiger partial charge on any atom is -0.497 e. The normalized spacial score (nSPS) is 13.0. The standard InChI is InChI=1S/C19H20ClN3O5/c1-27-15-6-8-18(28-2)12(9-15)11-22(13-3-4-13)19(24)21-17-7-5-14(23(25)26)10-16(17)20/h5-10,13H,3-4,11H2,1-2H3,(H,21,24). The van der Waals surface area contributed by atoms with Crippen LogP contribution in [0.5, 0.6) is 11.5 Å². The molecule has 0 bridgehead atoms. The van der Waals surface area contributed by atoms with Crippen LogP contribution in [0.2, 0.25) is 5.02 Å². The van der Waals surface area contributed by atoms with Crippen LogP contribution in [0.15, 0.2) is 36.4 Å². The first-order chi connectivity index (χ1) is 13.4. The van der Waals surface area contributed by atoms with Gasteiger partial charge in [-0.25, -0.2) is 4.79 Å². The Morgan fingerprint density at radius 1 is 1.25 bits per heavy atom. The van der Waals surface area contributed by atoms with Crippen LogP contribution >= 0.6 is 11.6 Å². The third-order valence-electron chi connectivity index (χ3n) is 4.48. The average Bonchev–Trinajstić information content (AvgIpc) is 3.52. The summed E-state index contributed by atoms with van der Waals surface area (Å²) in [6, 6.07) is 9.15. The van der Waals surface area contributed by atoms with E-state index in [9.17, 15) is 14.9 Å². The van der Waals surface area contributed by atoms with Crippen molar-refractivity contribution >= 4 is 29.0 Å². The second-order valence-electron chi connectivity index (χ2n) is 6.39. The third kappa shape index (κ3) is 4.45. The number of hydrogen-bond acceptors (Lipinski definition) is 5. The first kappa shape index (κ1) is 19.8. The number of nitrogens with one attached hydrogen (secondary N) is 1. The van der Waals surface area contributed by atoms with Gasteiger partial charge in [-0.1, -0.05) is 11.6 Å². The number of anilines is 1. The first-order valence-corrected chi connectivity index (χ1v) is 9.03. The molecule has 28 heavy (non-hydrogen) atoms. The minimum absolute atomic E-state index is 0.109. The van der Waals surface area contributed by atoms with Gasteiger partial charge in [0, 0.05) is 23.7 Å². The van der Waals surface area contributed by atoms with Gasteiger partial charge in [-0.3, -0.25) is 10.1 Å². The SMILES string of the molecule is COc1ccc(OC)c(CN(C(=O)Nc2ccc([N+](=O)[O-])cc2Cl)C2CC2)c1. The molecule has 2 aromatic carbocycles. The molecule has 1 aliphatic rings. The highest BCUT2D eigenvalue weighted by molar-refractivity contribution is 6.33. The number of nitro groups is 1. The van der Waals surface area contributed by atoms with Gasteiger partial charge in [-0.05, 0) is 37.1 Å². The number of methoxy groups -OCH3 is 2. The first-order valence-electron chi connectivity index (χ1n) is 8.65. The van der Waals surface area contributed by atoms with Crippen molar-refractivity contribution in [3.05, 3.63) is 57.1 Å². The number of nitro benzene ring substituents is 1. The third-order valence-corrected chi connectivity index (χ3v) is 4.79. The van der Waals surface area contributed by atoms with E-state index in [1.807, 2.05) is 6.07 Å². The number of carbonyl (C=O) groups is 1. The van der Waals surface area contributed by atoms with Crippen molar-refractivity contribution in [3.8, 4) is 11.5 Å². The lowest BCUT2D eigenvalue weighted by Crippen LogP contribution is -2.36. The van der Waals surface area contributed by atoms with Crippen molar-refractivity contribution in [1.29, 1.82) is 0 Å². The lowest BCUT2D eigenvalue weighted by atomic mass is 10.1. The highest BCUT2D eigenvalue weighted by Gasteiger charge is 2.33. The van der Waals surface area contributed by atoms with Crippen LogP contribution in [0.3, 0.4) is 0 Å². The molecule has 2 aromatic rings. The molecule has 0 heterocycles. The predicted octanol–water partition coefficient (Wildman–Crippen LogP) is 4.46. The molecule has 0 radical (unpaired) electrons. The molecule has 0 unspecified atom stereocenters. The van der Waals surface area contributed by atoms with Gasteiger partial charge in [0.1, 0.15) is 11.5 Å². The Morgan fingerprint density at radius 3 is 2.57 bits per heavy atom. The van der Waals surface area contributed by atoms with E-state index < -0.39 is 4.92 Å². The fourth-order valence-electron chi connectivity index (χ4n) is 2.85. The van der Waals surface area contributed by atoms with E-state index in [1.165, 1.54) is 18.2 Å². The lowest BCUT2D eigenvalue weighted by molar-refractivity contribution is -0.384. The second kappa shape index (κ2) is 8.35. The summed E-state index contributed by atoms with van der Waals surface area (Å²) in [6.45, 7) is 0.335. The topological polar surface area (TPSA) is 93.9 Å². The Bertz CT molecular complexity index is 901. The summed E-state index contributed by atoms with van der Waals surface area (Å²) in [5.41, 5.74) is 1.00. The number of carbonyl (C=O) groups excluding carboxylic acids is 1. The summed E-state index contributed by atoms with van der Waals surface area (Å²) in [5, 5.41) is 13.7. The Morgan fingerprint density at radius 2 is 2.00 bits per heavy atom. The van der Waals surface area contributed by atoms with Gasteiger partial charge in [-0.15, -0.1) is 0 Å². The van der Waals surface area contributed by atoms with Crippen LogP contribution in [0.4, 0.5) is 16.2 Å². The molecule has 1 N–H and O–H groups in total. The number of rotatable bonds is 7. The number of ether oxygens (including phenoxy) is 2. The molecule has 0 aliphatic heterocycles. The maximum absolute atomic E-state index is 12.9. The maximum Gasteiger partial charge on any atom is 0.322 e. The van der Waals surface area contributed by atoms with Gasteiger partial charge in [0.05, 0.1) is 36.4 Å². The van der Waals surface area contributed by atoms with Crippen molar-refractivity contribution in [3.63, 3.8) is 0 Å². The Hall–Kier alpha value is -3.00. The number of urea groups is 1. The fraction of sp³-hybridized carbons (Fsp3) is 0.316. The monoisotopic (exact) mass is 405 g/mol. The van der Waals surface area contributed by atoms with Crippen LogP contribution in [-0.4, -0.2) is 36.1 Å². The number of non-ortho nitro benzene ring substituents is 1. The Kier molecular flexibility index (Phi) is 5.89. The van der Waals surface area contributed by atoms with Crippen LogP contribution < -0.4 is 14.8 Å². The summed E-state index contributed by atoms with van der Waals surface area (Å²) in [6.07, 6.45) is 1.82. The van der Waals surface area contributed by atoms with Crippen molar-refractivity contribution in [2.24, 2.45) is 0 Å². The van der Waals surface area contributed by atoms with E-state index >= 15 is 0 Å². The van der Waals surface area contributed by atoms with Gasteiger partial charge in [-0.2, -0.15) is 0 Å². The second-order valence-corrected chi connectivity index (χ2v) is 6.80. The molecule has 0 atom stereocenters. The summed E-state index contributed by atoms with van der Waals surface area (Å²) < 4.78 is 10.7. The molecular weight excluding hydrogens is 386 g/mol. The van der Waals surface area contributed by atoms with Crippen LogP contribution in [0.1, 0.15) is 18.4 Å². The van der Waals surface area contributed by atoms with Crippen molar-refractivity contribution in [2.45, 2.75) is 25.4 Å². The summed E-state index contributed by atoms with van der Waals surface area (Å²) in [4.78, 5) is 24.9. The molecule has 0 saturated heterocycles. The molecule has 0 spiro atoms. The zero-order chi connectivity index (χ0) is 20.3. The van der Waals surface area contributed by atoms with Crippen molar-refractivity contribution in [1.82, 2.24) is 4.90 Å². The zero-order valence-corrected chi connectivity index (χ0v) is 16.2. The van der Waals surface area contributed by atoms with Crippen molar-refractivity contribution in [2.75, 3.05) is 19.5 Å². The molecule has 148 valence electrons. The van der Waals surface area contributed by atoms with E-state index in [0.29, 0.717) is 23.7 Å². The highest BCUT2D eigenvalue weighted by atomic mass is 35.5. The Labute approximate surface area is 167 Å². The maximum atomic E-state index is 12.9. The average molecular weight is 406 g/mol. The van der Waals surface area contributed by atoms with E-state index in [2.05, 4.69) is 5.32 Å². The van der Waals surface area contributed by atoms with E-state index in [4.69, 9.17) is 21.1 Å². The number of nitrogens with zero attached hydrogens (tertiary/aromatic N) is 2. The van der Waals surface area contributed by atoms with E-state index in [-0.39, 0.29) is 22.8 Å². The molecule has 3 rings (SSSR count). The minimum atomic E-state index is -0.539. The number of amides is 2. The van der Waals surface area contributed by atoms with Crippen LogP contribution in [0, 0.1) is 10.1 Å². The largest absolute Gasteiger partial charge is 0.497 e. The van der Waals surface area contributed by atoms with E-state index in [0.717, 1.165) is 18.4 Å². The summed E-state index contributed by atoms with van der Waals surface area (Å²) >= 11 is 6.09. The van der Waals surface area contributed by atoms with Gasteiger partial charge in [0.25, 0.3) is 5.69 Å². The zero-order valence-electron chi connectivity index (χ0n) is 15.5. The number of hydrogen-bond donors (Lipinski definition) is 1. The van der Waals surface area contributed by atoms with E-state index in [1.54, 1.807) is 31.3 Å². The molecule has 8 nitrogen and oxygen atoms in total. The summed E-state index contributed by atoms with van der Waals surface area (Å²) in [7, 11) is 3.15. The fourth-order valence-corrected chi connectivity index (χ4v) is 3.07. The Balaban J connectivity index is 1.80. The van der Waals surface area contributed by atoms with Gasteiger partial charge >= 0.3 is 6.03 Å². The predicted molar refractivity (Wildman–Crippen MR) is 105 cm³/mol. The van der Waals surface area contributed by atoms with Crippen molar-refractivity contribution < 1.29 is 19.2 Å². The van der Waals surface area contributed by atoms with Gasteiger partial charge in [0.2, 0.25) is 0 Å². The van der Waals surface area contributed by atoms with Gasteiger partial charge < -0.3 is 19.7 Å². The number of benzene rings is 2. The van der Waals surface area contributed by atoms with Gasteiger partial charge in [0.15, 0.2) is 0 Å². The summed E-state index contributed by atoms with van der Waals surface area (Å²) in [5.74, 6) is 1.33. The molecule has 0 aromatic heterocycles. The smallest absolute Gasteiger partial charge is 0.322 e. The highest BCUT2D eigenvalue weighted by Crippen LogP contribution is 2.33. The van der Waals surface area contributed by atoms with Crippen LogP contribution in [-0.2, 0) is 6.54 Å². The van der Waals surface area contributed by atoms with Crippen LogP contribution in [0.25, 0.3) is 0 Å². The lowest BCUT2D eigenvalue weighted by Gasteiger charge is -2.24.